The molecule has 0 aliphatic rings. The maximum Gasteiger partial charge on any atom is 0.406 e. The monoisotopic (exact) mass is 284 g/mol. The number of carboxylic acid groups (broad SMARTS) is 1. The van der Waals surface area contributed by atoms with Crippen LogP contribution in [-0.4, -0.2) is 47.3 Å². The first kappa shape index (κ1) is 17.5. The first-order chi connectivity index (χ1) is 8.38. The fraction of sp³-hybridized carbons (Fsp3) is 0.818. The summed E-state index contributed by atoms with van der Waals surface area (Å²) in [6.45, 7) is 4.54. The second kappa shape index (κ2) is 6.12. The highest BCUT2D eigenvalue weighted by molar-refractivity contribution is 5.83. The molecule has 0 aromatic heterocycles. The number of alkyl halides is 3. The molecule has 19 heavy (non-hydrogen) atoms. The number of carboxylic acids is 1. The molecule has 0 aromatic carbocycles. The Morgan fingerprint density at radius 1 is 1.26 bits per heavy atom. The second-order valence-electron chi connectivity index (χ2n) is 5.22. The number of nitrogens with zero attached hydrogens (tertiary/aromatic N) is 1. The summed E-state index contributed by atoms with van der Waals surface area (Å²) in [5.74, 6) is -1.29. The van der Waals surface area contributed by atoms with E-state index in [2.05, 4.69) is 5.32 Å². The summed E-state index contributed by atoms with van der Waals surface area (Å²) in [7, 11) is 0. The van der Waals surface area contributed by atoms with Crippen LogP contribution in [0.2, 0.25) is 0 Å². The van der Waals surface area contributed by atoms with E-state index in [1.165, 1.54) is 6.92 Å². The lowest BCUT2D eigenvalue weighted by Crippen LogP contribution is -2.54. The van der Waals surface area contributed by atoms with Gasteiger partial charge in [0.25, 0.3) is 0 Å². The van der Waals surface area contributed by atoms with Gasteiger partial charge < -0.3 is 15.3 Å². The second-order valence-corrected chi connectivity index (χ2v) is 5.22. The molecule has 0 aliphatic carbocycles. The van der Waals surface area contributed by atoms with Gasteiger partial charge in [-0.25, -0.2) is 9.59 Å². The first-order valence-electron chi connectivity index (χ1n) is 5.73. The van der Waals surface area contributed by atoms with Crippen molar-refractivity contribution in [3.63, 3.8) is 0 Å². The Kier molecular flexibility index (Phi) is 5.64. The van der Waals surface area contributed by atoms with Crippen molar-refractivity contribution in [3.8, 4) is 0 Å². The van der Waals surface area contributed by atoms with Crippen molar-refractivity contribution < 1.29 is 27.9 Å². The third-order valence-corrected chi connectivity index (χ3v) is 2.42. The van der Waals surface area contributed by atoms with Crippen LogP contribution in [0, 0.1) is 5.41 Å². The zero-order valence-electron chi connectivity index (χ0n) is 11.3. The van der Waals surface area contributed by atoms with E-state index >= 15 is 0 Å². The molecule has 0 saturated carbocycles. The number of nitrogens with one attached hydrogen (secondary N) is 1. The van der Waals surface area contributed by atoms with Gasteiger partial charge in [-0.15, -0.1) is 0 Å². The smallest absolute Gasteiger partial charge is 0.406 e. The molecule has 2 amide bonds. The number of urea groups is 1. The van der Waals surface area contributed by atoms with Crippen LogP contribution in [0.3, 0.4) is 0 Å². The average Bonchev–Trinajstić information content (AvgIpc) is 2.18. The number of hydrogen-bond donors (Lipinski definition) is 2. The summed E-state index contributed by atoms with van der Waals surface area (Å²) in [4.78, 5) is 23.2. The summed E-state index contributed by atoms with van der Waals surface area (Å²) >= 11 is 0. The van der Waals surface area contributed by atoms with Gasteiger partial charge >= 0.3 is 18.2 Å². The number of hydrogen-bond acceptors (Lipinski definition) is 2. The van der Waals surface area contributed by atoms with Gasteiger partial charge in [0, 0.05) is 6.54 Å². The third-order valence-electron chi connectivity index (χ3n) is 2.42. The fourth-order valence-corrected chi connectivity index (χ4v) is 1.41. The maximum absolute atomic E-state index is 12.2. The van der Waals surface area contributed by atoms with Gasteiger partial charge in [-0.3, -0.25) is 0 Å². The normalized spacial score (nSPS) is 13.8. The number of carbonyl (C=O) groups excluding carboxylic acids is 1. The summed E-state index contributed by atoms with van der Waals surface area (Å²) in [6.07, 6.45) is -4.52. The van der Waals surface area contributed by atoms with Crippen molar-refractivity contribution in [2.24, 2.45) is 5.41 Å². The van der Waals surface area contributed by atoms with Gasteiger partial charge in [-0.2, -0.15) is 13.2 Å². The van der Waals surface area contributed by atoms with Crippen molar-refractivity contribution in [2.45, 2.75) is 39.9 Å². The van der Waals surface area contributed by atoms with Crippen LogP contribution in [0.5, 0.6) is 0 Å². The molecule has 0 rings (SSSR count). The highest BCUT2D eigenvalue weighted by atomic mass is 19.4. The van der Waals surface area contributed by atoms with Crippen LogP contribution in [0.4, 0.5) is 18.0 Å². The molecule has 0 heterocycles. The molecule has 0 unspecified atom stereocenters. The molecule has 0 radical (unpaired) electrons. The Morgan fingerprint density at radius 3 is 2.00 bits per heavy atom. The van der Waals surface area contributed by atoms with E-state index in [4.69, 9.17) is 5.11 Å². The molecule has 112 valence electrons. The average molecular weight is 284 g/mol. The minimum absolute atomic E-state index is 0.165. The van der Waals surface area contributed by atoms with Gasteiger partial charge in [0.2, 0.25) is 0 Å². The summed E-state index contributed by atoms with van der Waals surface area (Å²) in [5, 5.41) is 11.1. The van der Waals surface area contributed by atoms with Crippen LogP contribution in [0.25, 0.3) is 0 Å². The minimum Gasteiger partial charge on any atom is -0.480 e. The number of halogens is 3. The topological polar surface area (TPSA) is 69.6 Å². The lowest BCUT2D eigenvalue weighted by Gasteiger charge is -2.31. The predicted octanol–water partition coefficient (Wildman–Crippen LogP) is 2.08. The van der Waals surface area contributed by atoms with Crippen LogP contribution in [0.1, 0.15) is 27.7 Å². The van der Waals surface area contributed by atoms with E-state index < -0.39 is 36.2 Å². The molecular formula is C11H19F3N2O3. The van der Waals surface area contributed by atoms with Crippen LogP contribution in [-0.2, 0) is 4.79 Å². The van der Waals surface area contributed by atoms with Crippen molar-refractivity contribution in [1.82, 2.24) is 10.2 Å². The maximum atomic E-state index is 12.2. The van der Waals surface area contributed by atoms with E-state index in [-0.39, 0.29) is 6.54 Å². The molecule has 0 aliphatic heterocycles. The van der Waals surface area contributed by atoms with Crippen LogP contribution >= 0.6 is 0 Å². The highest BCUT2D eigenvalue weighted by Gasteiger charge is 2.36. The predicted molar refractivity (Wildman–Crippen MR) is 62.7 cm³/mol. The number of aliphatic carboxylic acids is 1. The molecule has 0 aromatic rings. The lowest BCUT2D eigenvalue weighted by atomic mass is 9.87. The van der Waals surface area contributed by atoms with Gasteiger partial charge in [0.1, 0.15) is 12.6 Å². The van der Waals surface area contributed by atoms with Gasteiger partial charge in [0.05, 0.1) is 0 Å². The largest absolute Gasteiger partial charge is 0.480 e. The summed E-state index contributed by atoms with van der Waals surface area (Å²) in [5.41, 5.74) is -0.806. The molecule has 2 N–H and O–H groups in total. The highest BCUT2D eigenvalue weighted by Crippen LogP contribution is 2.20. The van der Waals surface area contributed by atoms with Crippen LogP contribution in [0.15, 0.2) is 0 Å². The molecule has 1 atom stereocenters. The molecule has 5 nitrogen and oxygen atoms in total. The van der Waals surface area contributed by atoms with E-state index in [1.807, 2.05) is 0 Å². The van der Waals surface area contributed by atoms with Crippen LogP contribution < -0.4 is 5.32 Å². The van der Waals surface area contributed by atoms with Crippen molar-refractivity contribution in [3.05, 3.63) is 0 Å². The third kappa shape index (κ3) is 6.30. The van der Waals surface area contributed by atoms with Gasteiger partial charge in [-0.05, 0) is 12.3 Å². The van der Waals surface area contributed by atoms with Crippen molar-refractivity contribution in [2.75, 3.05) is 13.1 Å². The zero-order chi connectivity index (χ0) is 15.4. The SMILES string of the molecule is CCN(CC(F)(F)F)C(=O)N[C@@H](C(=O)O)C(C)(C)C. The Labute approximate surface area is 109 Å². The van der Waals surface area contributed by atoms with Gasteiger partial charge in [-0.1, -0.05) is 20.8 Å². The molecule has 0 bridgehead atoms. The number of rotatable bonds is 4. The minimum atomic E-state index is -4.52. The molecular weight excluding hydrogens is 265 g/mol. The van der Waals surface area contributed by atoms with E-state index in [1.54, 1.807) is 20.8 Å². The fourth-order valence-electron chi connectivity index (χ4n) is 1.41. The molecule has 0 fully saturated rings. The first-order valence-corrected chi connectivity index (χ1v) is 5.73. The number of amides is 2. The Balaban J connectivity index is 4.85. The molecule has 0 saturated heterocycles. The lowest BCUT2D eigenvalue weighted by molar-refractivity contribution is -0.142. The van der Waals surface area contributed by atoms with E-state index in [9.17, 15) is 22.8 Å². The van der Waals surface area contributed by atoms with E-state index in [0.717, 1.165) is 0 Å². The van der Waals surface area contributed by atoms with Crippen molar-refractivity contribution in [1.29, 1.82) is 0 Å². The quantitative estimate of drug-likeness (QED) is 0.830. The van der Waals surface area contributed by atoms with Crippen molar-refractivity contribution >= 4 is 12.0 Å². The Bertz CT molecular complexity index is 337. The Morgan fingerprint density at radius 2 is 1.74 bits per heavy atom. The van der Waals surface area contributed by atoms with E-state index in [0.29, 0.717) is 4.90 Å². The van der Waals surface area contributed by atoms with Gasteiger partial charge in [0.15, 0.2) is 0 Å². The Hall–Kier alpha value is -1.47. The zero-order valence-corrected chi connectivity index (χ0v) is 11.3. The molecule has 0 spiro atoms. The molecule has 8 heteroatoms. The standard InChI is InChI=1S/C11H19F3N2O3/c1-5-16(6-11(12,13)14)9(19)15-7(8(17)18)10(2,3)4/h7H,5-6H2,1-4H3,(H,15,19)(H,17,18)/t7-/m0/s1. The summed E-state index contributed by atoms with van der Waals surface area (Å²) in [6, 6.07) is -2.30. The summed E-state index contributed by atoms with van der Waals surface area (Å²) < 4.78 is 36.7. The number of carbonyl (C=O) groups is 2.